The molecule has 7 heteroatoms. The summed E-state index contributed by atoms with van der Waals surface area (Å²) in [4.78, 5) is 15.0. The molecule has 1 saturated heterocycles. The van der Waals surface area contributed by atoms with Crippen molar-refractivity contribution in [1.82, 2.24) is 4.98 Å². The Morgan fingerprint density at radius 1 is 1.28 bits per heavy atom. The monoisotopic (exact) mass is 346 g/mol. The van der Waals surface area contributed by atoms with Crippen molar-refractivity contribution >= 4 is 6.09 Å². The third kappa shape index (κ3) is 4.67. The molecule has 6 nitrogen and oxygen atoms in total. The van der Waals surface area contributed by atoms with Gasteiger partial charge in [-0.2, -0.15) is 0 Å². The molecule has 0 aliphatic carbocycles. The van der Waals surface area contributed by atoms with E-state index in [1.165, 1.54) is 12.3 Å². The van der Waals surface area contributed by atoms with E-state index < -0.39 is 6.09 Å². The summed E-state index contributed by atoms with van der Waals surface area (Å²) in [6, 6.07) is 10.3. The van der Waals surface area contributed by atoms with Crippen molar-refractivity contribution in [3.8, 4) is 17.0 Å². The number of hydrogen-bond donors (Lipinski definition) is 1. The first kappa shape index (κ1) is 17.2. The summed E-state index contributed by atoms with van der Waals surface area (Å²) >= 11 is 0. The van der Waals surface area contributed by atoms with Gasteiger partial charge >= 0.3 is 6.09 Å². The van der Waals surface area contributed by atoms with Crippen LogP contribution in [0.1, 0.15) is 6.42 Å². The Morgan fingerprint density at radius 2 is 2.08 bits per heavy atom. The fraction of sp³-hybridized carbons (Fsp3) is 0.333. The van der Waals surface area contributed by atoms with Crippen molar-refractivity contribution in [2.45, 2.75) is 12.5 Å². The number of carbonyl (C=O) groups excluding carboxylic acids is 1. The lowest BCUT2D eigenvalue weighted by Gasteiger charge is -2.30. The molecule has 1 aliphatic heterocycles. The summed E-state index contributed by atoms with van der Waals surface area (Å²) in [6.07, 6.45) is 0.704. The van der Waals surface area contributed by atoms with E-state index in [0.717, 1.165) is 5.56 Å². The van der Waals surface area contributed by atoms with Crippen LogP contribution in [0.3, 0.4) is 0 Å². The van der Waals surface area contributed by atoms with Crippen molar-refractivity contribution in [2.24, 2.45) is 11.7 Å². The summed E-state index contributed by atoms with van der Waals surface area (Å²) in [7, 11) is 0. The molecule has 1 aliphatic rings. The number of nitrogens with two attached hydrogens (primary N) is 1. The smallest absolute Gasteiger partial charge is 0.404 e. The summed E-state index contributed by atoms with van der Waals surface area (Å²) in [5.41, 5.74) is 6.65. The average molecular weight is 346 g/mol. The quantitative estimate of drug-likeness (QED) is 0.900. The Morgan fingerprint density at radius 3 is 2.76 bits per heavy atom. The van der Waals surface area contributed by atoms with Crippen molar-refractivity contribution in [3.63, 3.8) is 0 Å². The molecular formula is C18H19FN2O4. The van der Waals surface area contributed by atoms with E-state index in [1.54, 1.807) is 6.07 Å². The lowest BCUT2D eigenvalue weighted by molar-refractivity contribution is -0.0541. The molecule has 0 bridgehead atoms. The number of hydrogen-bond acceptors (Lipinski definition) is 5. The maximum Gasteiger partial charge on any atom is 0.404 e. The van der Waals surface area contributed by atoms with Crippen molar-refractivity contribution in [1.29, 1.82) is 0 Å². The molecule has 0 radical (unpaired) electrons. The van der Waals surface area contributed by atoms with E-state index in [-0.39, 0.29) is 17.8 Å². The molecule has 132 valence electrons. The third-order valence-electron chi connectivity index (χ3n) is 4.01. The van der Waals surface area contributed by atoms with Crippen molar-refractivity contribution < 1.29 is 23.4 Å². The van der Waals surface area contributed by atoms with E-state index >= 15 is 0 Å². The normalized spacial score (nSPS) is 20.0. The largest absolute Gasteiger partial charge is 0.493 e. The van der Waals surface area contributed by atoms with Gasteiger partial charge in [0.15, 0.2) is 0 Å². The van der Waals surface area contributed by atoms with Gasteiger partial charge in [-0.05, 0) is 36.4 Å². The second kappa shape index (κ2) is 7.94. The minimum absolute atomic E-state index is 0.0697. The Labute approximate surface area is 144 Å². The van der Waals surface area contributed by atoms with Gasteiger partial charge in [0, 0.05) is 12.0 Å². The summed E-state index contributed by atoms with van der Waals surface area (Å²) < 4.78 is 29.2. The fourth-order valence-corrected chi connectivity index (χ4v) is 2.71. The molecule has 3 rings (SSSR count). The topological polar surface area (TPSA) is 83.7 Å². The van der Waals surface area contributed by atoms with Crippen molar-refractivity contribution in [3.05, 3.63) is 48.4 Å². The van der Waals surface area contributed by atoms with E-state index in [1.807, 2.05) is 24.3 Å². The number of aromatic nitrogens is 1. The Kier molecular flexibility index (Phi) is 5.45. The van der Waals surface area contributed by atoms with Gasteiger partial charge in [-0.3, -0.25) is 4.98 Å². The molecule has 2 aromatic rings. The predicted octanol–water partition coefficient (Wildman–Crippen LogP) is 2.77. The van der Waals surface area contributed by atoms with Crippen LogP contribution in [-0.4, -0.2) is 37.0 Å². The summed E-state index contributed by atoms with van der Waals surface area (Å²) in [5, 5.41) is 0. The molecule has 1 fully saturated rings. The highest BCUT2D eigenvalue weighted by molar-refractivity contribution is 5.64. The maximum absolute atomic E-state index is 12.9. The number of carbonyl (C=O) groups is 1. The van der Waals surface area contributed by atoms with Gasteiger partial charge in [0.1, 0.15) is 17.7 Å². The Bertz CT molecular complexity index is 706. The van der Waals surface area contributed by atoms with Crippen LogP contribution in [0.15, 0.2) is 42.6 Å². The third-order valence-corrected chi connectivity index (χ3v) is 4.01. The molecule has 2 N–H and O–H groups in total. The van der Waals surface area contributed by atoms with Gasteiger partial charge in [0.25, 0.3) is 0 Å². The number of pyridine rings is 1. The molecule has 1 aromatic carbocycles. The molecule has 25 heavy (non-hydrogen) atoms. The highest BCUT2D eigenvalue weighted by atomic mass is 19.1. The van der Waals surface area contributed by atoms with E-state index in [4.69, 9.17) is 19.9 Å². The number of ether oxygens (including phenoxy) is 3. The van der Waals surface area contributed by atoms with Gasteiger partial charge in [-0.25, -0.2) is 9.18 Å². The van der Waals surface area contributed by atoms with Gasteiger partial charge in [0.2, 0.25) is 0 Å². The summed E-state index contributed by atoms with van der Waals surface area (Å²) in [5.74, 6) is 0.236. The molecule has 2 heterocycles. The van der Waals surface area contributed by atoms with Crippen molar-refractivity contribution in [2.75, 3.05) is 19.8 Å². The second-order valence-corrected chi connectivity index (χ2v) is 5.80. The van der Waals surface area contributed by atoms with Crippen LogP contribution in [0.5, 0.6) is 5.75 Å². The standard InChI is InChI=1S/C18H19FN2O4/c19-14-3-6-16(21-9-14)12-1-4-15(5-2-12)24-11-13-10-23-8-7-17(13)25-18(20)22/h1-6,9,13,17H,7-8,10-11H2,(H2,20,22). The first-order valence-electron chi connectivity index (χ1n) is 8.00. The van der Waals surface area contributed by atoms with Crippen LogP contribution in [-0.2, 0) is 9.47 Å². The number of halogens is 1. The van der Waals surface area contributed by atoms with Gasteiger partial charge in [-0.1, -0.05) is 0 Å². The number of amides is 1. The average Bonchev–Trinajstić information content (AvgIpc) is 2.62. The molecule has 1 amide bonds. The van der Waals surface area contributed by atoms with Crippen LogP contribution < -0.4 is 10.5 Å². The highest BCUT2D eigenvalue weighted by Crippen LogP contribution is 2.23. The first-order chi connectivity index (χ1) is 12.1. The maximum atomic E-state index is 12.9. The van der Waals surface area contributed by atoms with Crippen LogP contribution in [0.2, 0.25) is 0 Å². The molecular weight excluding hydrogens is 327 g/mol. The fourth-order valence-electron chi connectivity index (χ4n) is 2.71. The zero-order valence-corrected chi connectivity index (χ0v) is 13.6. The highest BCUT2D eigenvalue weighted by Gasteiger charge is 2.29. The Hall–Kier alpha value is -2.67. The SMILES string of the molecule is NC(=O)OC1CCOCC1COc1ccc(-c2ccc(F)cn2)cc1. The van der Waals surface area contributed by atoms with Gasteiger partial charge < -0.3 is 19.9 Å². The second-order valence-electron chi connectivity index (χ2n) is 5.80. The number of primary amides is 1. The molecule has 2 unspecified atom stereocenters. The van der Waals surface area contributed by atoms with Crippen LogP contribution in [0, 0.1) is 11.7 Å². The zero-order chi connectivity index (χ0) is 17.6. The zero-order valence-electron chi connectivity index (χ0n) is 13.6. The number of rotatable bonds is 5. The molecule has 0 spiro atoms. The Balaban J connectivity index is 1.59. The molecule has 2 atom stereocenters. The minimum atomic E-state index is -0.784. The van der Waals surface area contributed by atoms with E-state index in [0.29, 0.717) is 37.7 Å². The predicted molar refractivity (Wildman–Crippen MR) is 88.5 cm³/mol. The lowest BCUT2D eigenvalue weighted by Crippen LogP contribution is -2.40. The number of benzene rings is 1. The molecule has 1 aromatic heterocycles. The minimum Gasteiger partial charge on any atom is -0.493 e. The number of nitrogens with zero attached hydrogens (tertiary/aromatic N) is 1. The van der Waals surface area contributed by atoms with Crippen LogP contribution in [0.25, 0.3) is 11.3 Å². The van der Waals surface area contributed by atoms with E-state index in [2.05, 4.69) is 4.98 Å². The van der Waals surface area contributed by atoms with E-state index in [9.17, 15) is 9.18 Å². The summed E-state index contributed by atoms with van der Waals surface area (Å²) in [6.45, 7) is 1.34. The van der Waals surface area contributed by atoms with Crippen LogP contribution >= 0.6 is 0 Å². The van der Waals surface area contributed by atoms with Gasteiger partial charge in [-0.15, -0.1) is 0 Å². The van der Waals surface area contributed by atoms with Crippen LogP contribution in [0.4, 0.5) is 9.18 Å². The van der Waals surface area contributed by atoms with Gasteiger partial charge in [0.05, 0.1) is 37.6 Å². The first-order valence-corrected chi connectivity index (χ1v) is 8.00. The molecule has 0 saturated carbocycles. The lowest BCUT2D eigenvalue weighted by atomic mass is 9.99.